The number of thiol groups is 1. The molecule has 0 aliphatic heterocycles. The molecule has 74 valence electrons. The molecule has 5 heteroatoms. The molecule has 0 spiro atoms. The lowest BCUT2D eigenvalue weighted by Crippen LogP contribution is -2.31. The number of nitrogens with two attached hydrogens (primary N) is 1. The van der Waals surface area contributed by atoms with Crippen LogP contribution in [0.2, 0.25) is 0 Å². The average Bonchev–Trinajstić information content (AvgIpc) is 2.05. The molecule has 0 saturated heterocycles. The quantitative estimate of drug-likeness (QED) is 0.567. The van der Waals surface area contributed by atoms with Gasteiger partial charge in [0, 0.05) is 19.0 Å². The van der Waals surface area contributed by atoms with Crippen molar-refractivity contribution in [2.24, 2.45) is 5.73 Å². The molecule has 0 saturated carbocycles. The molecule has 4 nitrogen and oxygen atoms in total. The van der Waals surface area contributed by atoms with Gasteiger partial charge in [-0.3, -0.25) is 4.79 Å². The van der Waals surface area contributed by atoms with E-state index in [1.807, 2.05) is 13.8 Å². The normalized spacial score (nSPS) is 11.3. The molecule has 0 bridgehead atoms. The van der Waals surface area contributed by atoms with Gasteiger partial charge in [0.25, 0.3) is 0 Å². The van der Waals surface area contributed by atoms with Crippen molar-refractivity contribution in [1.29, 1.82) is 0 Å². The first-order chi connectivity index (χ1) is 5.59. The Morgan fingerprint density at radius 1 is 1.58 bits per heavy atom. The number of carbonyl (C=O) groups is 1. The molecule has 0 amide bonds. The van der Waals surface area contributed by atoms with Gasteiger partial charge in [-0.15, -0.1) is 0 Å². The average molecular weight is 195 g/mol. The molecule has 1 unspecified atom stereocenters. The van der Waals surface area contributed by atoms with Crippen LogP contribution in [0.25, 0.3) is 0 Å². The molecular weight excluding hydrogens is 178 g/mol. The number of carboxylic acid groups (broad SMARTS) is 1. The third kappa shape index (κ3) is 12.4. The van der Waals surface area contributed by atoms with Gasteiger partial charge in [-0.1, -0.05) is 0 Å². The van der Waals surface area contributed by atoms with E-state index in [0.717, 1.165) is 13.2 Å². The Morgan fingerprint density at radius 2 is 2.00 bits per heavy atom. The Hall–Kier alpha value is -0.260. The zero-order valence-corrected chi connectivity index (χ0v) is 8.38. The fraction of sp³-hybridized carbons (Fsp3) is 0.857. The maximum absolute atomic E-state index is 9.76. The third-order valence-electron chi connectivity index (χ3n) is 0.922. The van der Waals surface area contributed by atoms with Crippen molar-refractivity contribution in [3.63, 3.8) is 0 Å². The zero-order chi connectivity index (χ0) is 9.98. The van der Waals surface area contributed by atoms with E-state index in [1.54, 1.807) is 0 Å². The molecule has 0 aromatic rings. The van der Waals surface area contributed by atoms with Gasteiger partial charge in [0.05, 0.1) is 0 Å². The van der Waals surface area contributed by atoms with Crippen LogP contribution in [0.5, 0.6) is 0 Å². The summed E-state index contributed by atoms with van der Waals surface area (Å²) in [5.74, 6) is -0.815. The Morgan fingerprint density at radius 3 is 2.00 bits per heavy atom. The SMILES string of the molecule is CCOCC.NC(CS)C(=O)O. The second kappa shape index (κ2) is 10.7. The number of hydrogen-bond acceptors (Lipinski definition) is 4. The Labute approximate surface area is 78.5 Å². The van der Waals surface area contributed by atoms with Crippen molar-refractivity contribution in [3.05, 3.63) is 0 Å². The lowest BCUT2D eigenvalue weighted by molar-refractivity contribution is -0.137. The largest absolute Gasteiger partial charge is 0.480 e. The molecule has 12 heavy (non-hydrogen) atoms. The minimum Gasteiger partial charge on any atom is -0.480 e. The second-order valence-corrected chi connectivity index (χ2v) is 2.27. The molecule has 0 aromatic carbocycles. The van der Waals surface area contributed by atoms with Crippen LogP contribution in [-0.2, 0) is 9.53 Å². The summed E-state index contributed by atoms with van der Waals surface area (Å²) in [6.07, 6.45) is 0. The van der Waals surface area contributed by atoms with Crippen molar-refractivity contribution in [3.8, 4) is 0 Å². The van der Waals surface area contributed by atoms with Gasteiger partial charge in [0.2, 0.25) is 0 Å². The number of hydrogen-bond donors (Lipinski definition) is 3. The van der Waals surface area contributed by atoms with Crippen LogP contribution in [0.15, 0.2) is 0 Å². The summed E-state index contributed by atoms with van der Waals surface area (Å²) in [6.45, 7) is 5.67. The lowest BCUT2D eigenvalue weighted by atomic mass is 10.4. The Kier molecular flexibility index (Phi) is 12.8. The number of rotatable bonds is 4. The van der Waals surface area contributed by atoms with Gasteiger partial charge >= 0.3 is 5.97 Å². The summed E-state index contributed by atoms with van der Waals surface area (Å²) in [5, 5.41) is 8.01. The predicted molar refractivity (Wildman–Crippen MR) is 51.6 cm³/mol. The van der Waals surface area contributed by atoms with E-state index < -0.39 is 12.0 Å². The van der Waals surface area contributed by atoms with E-state index in [0.29, 0.717) is 0 Å². The summed E-state index contributed by atoms with van der Waals surface area (Å²) in [4.78, 5) is 9.76. The molecule has 1 atom stereocenters. The highest BCUT2D eigenvalue weighted by molar-refractivity contribution is 7.80. The van der Waals surface area contributed by atoms with Crippen LogP contribution >= 0.6 is 12.6 Å². The Balaban J connectivity index is 0. The highest BCUT2D eigenvalue weighted by Crippen LogP contribution is 1.80. The summed E-state index contributed by atoms with van der Waals surface area (Å²) in [5.41, 5.74) is 4.94. The van der Waals surface area contributed by atoms with Crippen molar-refractivity contribution in [2.45, 2.75) is 19.9 Å². The molecular formula is C7H17NO3S. The molecule has 0 heterocycles. The van der Waals surface area contributed by atoms with E-state index in [4.69, 9.17) is 15.6 Å². The first-order valence-corrected chi connectivity index (χ1v) is 4.40. The molecule has 0 radical (unpaired) electrons. The molecule has 0 rings (SSSR count). The van der Waals surface area contributed by atoms with E-state index in [1.165, 1.54) is 0 Å². The maximum Gasteiger partial charge on any atom is 0.321 e. The highest BCUT2D eigenvalue weighted by atomic mass is 32.1. The highest BCUT2D eigenvalue weighted by Gasteiger charge is 2.06. The molecule has 3 N–H and O–H groups in total. The molecule has 0 aliphatic carbocycles. The van der Waals surface area contributed by atoms with Crippen LogP contribution in [-0.4, -0.2) is 36.1 Å². The summed E-state index contributed by atoms with van der Waals surface area (Å²) < 4.78 is 4.83. The van der Waals surface area contributed by atoms with Crippen LogP contribution in [0.1, 0.15) is 13.8 Å². The number of aliphatic carboxylic acids is 1. The smallest absolute Gasteiger partial charge is 0.321 e. The molecule has 0 aliphatic rings. The fourth-order valence-corrected chi connectivity index (χ4v) is 0.438. The van der Waals surface area contributed by atoms with Gasteiger partial charge in [-0.25, -0.2) is 0 Å². The number of ether oxygens (including phenoxy) is 1. The van der Waals surface area contributed by atoms with Gasteiger partial charge in [-0.2, -0.15) is 12.6 Å². The topological polar surface area (TPSA) is 72.5 Å². The van der Waals surface area contributed by atoms with E-state index in [-0.39, 0.29) is 5.75 Å². The third-order valence-corrected chi connectivity index (χ3v) is 1.32. The molecule has 0 aromatic heterocycles. The zero-order valence-electron chi connectivity index (χ0n) is 7.49. The molecule has 0 fully saturated rings. The summed E-state index contributed by atoms with van der Waals surface area (Å²) in [6, 6.07) is -0.816. The van der Waals surface area contributed by atoms with E-state index in [9.17, 15) is 4.79 Å². The maximum atomic E-state index is 9.76. The van der Waals surface area contributed by atoms with Crippen LogP contribution < -0.4 is 5.73 Å². The van der Waals surface area contributed by atoms with Crippen molar-refractivity contribution < 1.29 is 14.6 Å². The van der Waals surface area contributed by atoms with Crippen LogP contribution in [0.3, 0.4) is 0 Å². The summed E-state index contributed by atoms with van der Waals surface area (Å²) >= 11 is 3.65. The monoisotopic (exact) mass is 195 g/mol. The standard InChI is InChI=1S/C4H10O.C3H7NO2S/c1-3-5-4-2;4-2(1-7)3(5)6/h3-4H2,1-2H3;2,7H,1,4H2,(H,5,6). The van der Waals surface area contributed by atoms with E-state index >= 15 is 0 Å². The first-order valence-electron chi connectivity index (χ1n) is 3.77. The van der Waals surface area contributed by atoms with Crippen molar-refractivity contribution in [2.75, 3.05) is 19.0 Å². The second-order valence-electron chi connectivity index (χ2n) is 1.91. The fourth-order valence-electron chi connectivity index (χ4n) is 0.282. The van der Waals surface area contributed by atoms with Gasteiger partial charge < -0.3 is 15.6 Å². The van der Waals surface area contributed by atoms with Gasteiger partial charge in [-0.05, 0) is 13.8 Å². The van der Waals surface area contributed by atoms with Crippen molar-refractivity contribution >= 4 is 18.6 Å². The predicted octanol–water partition coefficient (Wildman–Crippen LogP) is 0.371. The van der Waals surface area contributed by atoms with Crippen LogP contribution in [0.4, 0.5) is 0 Å². The van der Waals surface area contributed by atoms with Crippen molar-refractivity contribution in [1.82, 2.24) is 0 Å². The minimum atomic E-state index is -1.00. The lowest BCUT2D eigenvalue weighted by Gasteiger charge is -1.96. The summed E-state index contributed by atoms with van der Waals surface area (Å²) in [7, 11) is 0. The minimum absolute atomic E-state index is 0.190. The van der Waals surface area contributed by atoms with Gasteiger partial charge in [0.1, 0.15) is 6.04 Å². The van der Waals surface area contributed by atoms with E-state index in [2.05, 4.69) is 12.6 Å². The number of carboxylic acids is 1. The van der Waals surface area contributed by atoms with Crippen LogP contribution in [0, 0.1) is 0 Å². The van der Waals surface area contributed by atoms with Gasteiger partial charge in [0.15, 0.2) is 0 Å². The first kappa shape index (κ1) is 14.3. The Bertz CT molecular complexity index is 109.